The summed E-state index contributed by atoms with van der Waals surface area (Å²) < 4.78 is 20.3. The van der Waals surface area contributed by atoms with Gasteiger partial charge in [0.15, 0.2) is 12.0 Å². The molecule has 0 saturated carbocycles. The summed E-state index contributed by atoms with van der Waals surface area (Å²) in [6.07, 6.45) is 2.54. The maximum atomic E-state index is 13.1. The van der Waals surface area contributed by atoms with E-state index in [-0.39, 0.29) is 5.82 Å². The fraction of sp³-hybridized carbons (Fsp3) is 0.0714. The van der Waals surface area contributed by atoms with Gasteiger partial charge in [0.2, 0.25) is 0 Å². The molecule has 0 fully saturated rings. The van der Waals surface area contributed by atoms with Crippen molar-refractivity contribution in [2.24, 2.45) is 0 Å². The fourth-order valence-electron chi connectivity index (χ4n) is 2.02. The van der Waals surface area contributed by atoms with Crippen molar-refractivity contribution < 1.29 is 13.6 Å². The molecule has 0 spiro atoms. The molecule has 2 aromatic heterocycles. The number of hydrogen-bond donors (Lipinski definition) is 0. The lowest BCUT2D eigenvalue weighted by Crippen LogP contribution is -1.96. The predicted octanol–water partition coefficient (Wildman–Crippen LogP) is 3.23. The molecule has 0 aliphatic carbocycles. The number of carbonyl (C=O) groups excluding carboxylic acids is 1. The topological polar surface area (TPSA) is 35.1 Å². The number of benzene rings is 1. The maximum Gasteiger partial charge on any atom is 0.185 e. The molecule has 1 aromatic carbocycles. The van der Waals surface area contributed by atoms with Crippen LogP contribution in [-0.2, 0) is 6.54 Å². The summed E-state index contributed by atoms with van der Waals surface area (Å²) in [5, 5.41) is 0.845. The third kappa shape index (κ3) is 1.82. The Bertz CT molecular complexity index is 711. The van der Waals surface area contributed by atoms with Gasteiger partial charge in [0.1, 0.15) is 11.6 Å². The van der Waals surface area contributed by atoms with Crippen molar-refractivity contribution >= 4 is 17.2 Å². The Morgan fingerprint density at radius 1 is 1.22 bits per heavy atom. The summed E-state index contributed by atoms with van der Waals surface area (Å²) in [6, 6.07) is 9.89. The van der Waals surface area contributed by atoms with E-state index in [4.69, 9.17) is 4.42 Å². The molecule has 2 heterocycles. The second-order valence-electron chi connectivity index (χ2n) is 4.07. The zero-order chi connectivity index (χ0) is 12.5. The average molecular weight is 243 g/mol. The van der Waals surface area contributed by atoms with Gasteiger partial charge in [-0.3, -0.25) is 4.79 Å². The summed E-state index contributed by atoms with van der Waals surface area (Å²) in [5.41, 5.74) is 0.931. The minimum Gasteiger partial charge on any atom is -0.456 e. The fourth-order valence-corrected chi connectivity index (χ4v) is 2.02. The van der Waals surface area contributed by atoms with Crippen molar-refractivity contribution in [2.45, 2.75) is 6.54 Å². The van der Waals surface area contributed by atoms with Gasteiger partial charge in [0.25, 0.3) is 0 Å². The Hall–Kier alpha value is -2.36. The number of rotatable bonds is 3. The number of fused-ring (bicyclic) bond motifs is 1. The van der Waals surface area contributed by atoms with Crippen molar-refractivity contribution in [1.82, 2.24) is 4.57 Å². The number of hydrogen-bond acceptors (Lipinski definition) is 2. The molecule has 3 rings (SSSR count). The van der Waals surface area contributed by atoms with E-state index in [0.29, 0.717) is 24.4 Å². The first-order chi connectivity index (χ1) is 8.76. The van der Waals surface area contributed by atoms with Gasteiger partial charge in [-0.1, -0.05) is 0 Å². The smallest absolute Gasteiger partial charge is 0.185 e. The van der Waals surface area contributed by atoms with Crippen LogP contribution in [0.2, 0.25) is 0 Å². The van der Waals surface area contributed by atoms with Crippen LogP contribution in [0.3, 0.4) is 0 Å². The lowest BCUT2D eigenvalue weighted by Gasteiger charge is -2.02. The van der Waals surface area contributed by atoms with E-state index in [1.54, 1.807) is 18.2 Å². The standard InChI is InChI=1S/C14H10FNO2/c15-11-1-4-14-10(7-11)5-6-16(14)8-12-2-3-13(9-17)18-12/h1-7,9H,8H2. The van der Waals surface area contributed by atoms with E-state index in [1.165, 1.54) is 12.1 Å². The minimum absolute atomic E-state index is 0.249. The van der Waals surface area contributed by atoms with Crippen LogP contribution in [0.25, 0.3) is 10.9 Å². The molecule has 0 aliphatic rings. The van der Waals surface area contributed by atoms with Crippen molar-refractivity contribution in [2.75, 3.05) is 0 Å². The van der Waals surface area contributed by atoms with Crippen LogP contribution in [0.5, 0.6) is 0 Å². The molecule has 0 radical (unpaired) electrons. The Labute approximate surface area is 102 Å². The first kappa shape index (κ1) is 10.8. The molecule has 18 heavy (non-hydrogen) atoms. The van der Waals surface area contributed by atoms with Gasteiger partial charge in [-0.25, -0.2) is 4.39 Å². The molecule has 3 aromatic rings. The highest BCUT2D eigenvalue weighted by molar-refractivity contribution is 5.80. The molecule has 0 amide bonds. The molecule has 4 heteroatoms. The van der Waals surface area contributed by atoms with Crippen LogP contribution in [0, 0.1) is 5.82 Å². The Balaban J connectivity index is 1.97. The molecule has 3 nitrogen and oxygen atoms in total. The first-order valence-electron chi connectivity index (χ1n) is 5.54. The van der Waals surface area contributed by atoms with Gasteiger partial charge in [-0.2, -0.15) is 0 Å². The SMILES string of the molecule is O=Cc1ccc(Cn2ccc3cc(F)ccc32)o1. The first-order valence-corrected chi connectivity index (χ1v) is 5.54. The van der Waals surface area contributed by atoms with E-state index in [2.05, 4.69) is 0 Å². The summed E-state index contributed by atoms with van der Waals surface area (Å²) in [7, 11) is 0. The summed E-state index contributed by atoms with van der Waals surface area (Å²) in [5.74, 6) is 0.757. The van der Waals surface area contributed by atoms with Gasteiger partial charge < -0.3 is 8.98 Å². The Morgan fingerprint density at radius 3 is 2.89 bits per heavy atom. The predicted molar refractivity (Wildman–Crippen MR) is 65.1 cm³/mol. The summed E-state index contributed by atoms with van der Waals surface area (Å²) >= 11 is 0. The maximum absolute atomic E-state index is 13.1. The zero-order valence-electron chi connectivity index (χ0n) is 9.47. The largest absolute Gasteiger partial charge is 0.456 e. The highest BCUT2D eigenvalue weighted by Gasteiger charge is 2.05. The lowest BCUT2D eigenvalue weighted by molar-refractivity contribution is 0.109. The van der Waals surface area contributed by atoms with E-state index in [1.807, 2.05) is 16.8 Å². The molecule has 0 saturated heterocycles. The molecular weight excluding hydrogens is 233 g/mol. The zero-order valence-corrected chi connectivity index (χ0v) is 9.47. The van der Waals surface area contributed by atoms with Gasteiger partial charge >= 0.3 is 0 Å². The third-order valence-electron chi connectivity index (χ3n) is 2.86. The van der Waals surface area contributed by atoms with E-state index in [0.717, 1.165) is 10.9 Å². The number of nitrogens with zero attached hydrogens (tertiary/aromatic N) is 1. The molecule has 0 atom stereocenters. The summed E-state index contributed by atoms with van der Waals surface area (Å²) in [4.78, 5) is 10.5. The van der Waals surface area contributed by atoms with Gasteiger partial charge in [0.05, 0.1) is 6.54 Å². The van der Waals surface area contributed by atoms with Crippen LogP contribution in [0.15, 0.2) is 47.0 Å². The molecule has 0 aliphatic heterocycles. The average Bonchev–Trinajstić information content (AvgIpc) is 2.97. The van der Waals surface area contributed by atoms with Crippen LogP contribution < -0.4 is 0 Å². The Kier molecular flexibility index (Phi) is 2.48. The van der Waals surface area contributed by atoms with E-state index < -0.39 is 0 Å². The molecular formula is C14H10FNO2. The van der Waals surface area contributed by atoms with Crippen molar-refractivity contribution in [3.63, 3.8) is 0 Å². The van der Waals surface area contributed by atoms with E-state index in [9.17, 15) is 9.18 Å². The second-order valence-corrected chi connectivity index (χ2v) is 4.07. The van der Waals surface area contributed by atoms with E-state index >= 15 is 0 Å². The van der Waals surface area contributed by atoms with Crippen LogP contribution in [0.1, 0.15) is 16.3 Å². The summed E-state index contributed by atoms with van der Waals surface area (Å²) in [6.45, 7) is 0.517. The normalized spacial score (nSPS) is 10.9. The molecule has 0 unspecified atom stereocenters. The number of carbonyl (C=O) groups is 1. The van der Waals surface area contributed by atoms with Crippen molar-refractivity contribution in [3.8, 4) is 0 Å². The highest BCUT2D eigenvalue weighted by Crippen LogP contribution is 2.19. The quantitative estimate of drug-likeness (QED) is 0.662. The monoisotopic (exact) mass is 243 g/mol. The molecule has 0 bridgehead atoms. The molecule has 90 valence electrons. The number of aromatic nitrogens is 1. The van der Waals surface area contributed by atoms with Gasteiger partial charge in [-0.05, 0) is 36.4 Å². The van der Waals surface area contributed by atoms with Crippen molar-refractivity contribution in [1.29, 1.82) is 0 Å². The van der Waals surface area contributed by atoms with Crippen LogP contribution in [0.4, 0.5) is 4.39 Å². The van der Waals surface area contributed by atoms with Crippen LogP contribution in [-0.4, -0.2) is 10.9 Å². The third-order valence-corrected chi connectivity index (χ3v) is 2.86. The lowest BCUT2D eigenvalue weighted by atomic mass is 10.2. The Morgan fingerprint density at radius 2 is 2.11 bits per heavy atom. The number of halogens is 1. The van der Waals surface area contributed by atoms with Crippen molar-refractivity contribution in [3.05, 3.63) is 59.9 Å². The van der Waals surface area contributed by atoms with Gasteiger partial charge in [0, 0.05) is 17.1 Å². The molecule has 0 N–H and O–H groups in total. The van der Waals surface area contributed by atoms with Gasteiger partial charge in [-0.15, -0.1) is 0 Å². The number of furan rings is 1. The minimum atomic E-state index is -0.249. The number of aldehydes is 1. The second kappa shape index (κ2) is 4.14. The van der Waals surface area contributed by atoms with Crippen LogP contribution >= 0.6 is 0 Å². The highest BCUT2D eigenvalue weighted by atomic mass is 19.1.